The number of ether oxygens (including phenoxy) is 1. The molecule has 1 aromatic rings. The van der Waals surface area contributed by atoms with Crippen molar-refractivity contribution in [3.8, 4) is 5.75 Å². The third-order valence-electron chi connectivity index (χ3n) is 1.85. The van der Waals surface area contributed by atoms with Gasteiger partial charge in [-0.3, -0.25) is 4.79 Å². The van der Waals surface area contributed by atoms with Crippen molar-refractivity contribution in [3.63, 3.8) is 0 Å². The fourth-order valence-electron chi connectivity index (χ4n) is 1.06. The van der Waals surface area contributed by atoms with Gasteiger partial charge in [0.2, 0.25) is 0 Å². The molecular weight excluding hydrogens is 270 g/mol. The molecule has 0 bridgehead atoms. The van der Waals surface area contributed by atoms with Gasteiger partial charge in [0.05, 0.1) is 23.0 Å². The zero-order valence-corrected chi connectivity index (χ0v) is 10.7. The lowest BCUT2D eigenvalue weighted by Gasteiger charge is -2.05. The van der Waals surface area contributed by atoms with E-state index in [1.807, 2.05) is 0 Å². The number of alkyl halides is 1. The second-order valence-corrected chi connectivity index (χ2v) is 4.02. The van der Waals surface area contributed by atoms with Crippen LogP contribution in [-0.4, -0.2) is 18.8 Å². The van der Waals surface area contributed by atoms with Gasteiger partial charge in [0.25, 0.3) is 0 Å². The molecule has 0 fully saturated rings. The van der Waals surface area contributed by atoms with E-state index >= 15 is 0 Å². The minimum absolute atomic E-state index is 0.0575. The number of methoxy groups -OCH3 is 1. The number of hydrogen-bond acceptors (Lipinski definition) is 2. The van der Waals surface area contributed by atoms with Gasteiger partial charge in [-0.25, -0.2) is 0 Å². The molecule has 0 aliphatic heterocycles. The quantitative estimate of drug-likeness (QED) is 0.618. The number of rotatable bonds is 4. The number of halogens is 3. The molecule has 1 rings (SSSR count). The van der Waals surface area contributed by atoms with Crippen molar-refractivity contribution in [3.05, 3.63) is 33.8 Å². The largest absolute Gasteiger partial charge is 0.495 e. The molecule has 0 heterocycles. The van der Waals surface area contributed by atoms with Gasteiger partial charge < -0.3 is 4.74 Å². The van der Waals surface area contributed by atoms with Crippen molar-refractivity contribution in [2.75, 3.05) is 13.0 Å². The lowest BCUT2D eigenvalue weighted by Crippen LogP contribution is -1.92. The Bertz CT molecular complexity index is 427. The first-order chi connectivity index (χ1) is 7.58. The highest BCUT2D eigenvalue weighted by Crippen LogP contribution is 2.31. The van der Waals surface area contributed by atoms with Crippen LogP contribution in [0.1, 0.15) is 5.56 Å². The summed E-state index contributed by atoms with van der Waals surface area (Å²) in [6.07, 6.45) is 2.93. The molecular formula is C11H9Cl3O2. The van der Waals surface area contributed by atoms with Crippen LogP contribution in [0.5, 0.6) is 5.75 Å². The van der Waals surface area contributed by atoms with Crippen molar-refractivity contribution in [2.24, 2.45) is 0 Å². The van der Waals surface area contributed by atoms with Gasteiger partial charge in [0.15, 0.2) is 5.78 Å². The SMILES string of the molecule is COc1cc(Cl)c(/C=C/C(=O)CCl)cc1Cl. The number of allylic oxidation sites excluding steroid dienone is 1. The van der Waals surface area contributed by atoms with Gasteiger partial charge in [-0.05, 0) is 23.8 Å². The summed E-state index contributed by atoms with van der Waals surface area (Å²) in [7, 11) is 1.50. The molecule has 0 N–H and O–H groups in total. The predicted molar refractivity (Wildman–Crippen MR) is 67.8 cm³/mol. The topological polar surface area (TPSA) is 26.3 Å². The van der Waals surface area contributed by atoms with Crippen LogP contribution < -0.4 is 4.74 Å². The molecule has 0 saturated carbocycles. The molecule has 0 saturated heterocycles. The second-order valence-electron chi connectivity index (χ2n) is 2.94. The van der Waals surface area contributed by atoms with Crippen molar-refractivity contribution >= 4 is 46.7 Å². The van der Waals surface area contributed by atoms with E-state index in [9.17, 15) is 4.79 Å². The first-order valence-electron chi connectivity index (χ1n) is 4.38. The van der Waals surface area contributed by atoms with E-state index in [1.54, 1.807) is 18.2 Å². The predicted octanol–water partition coefficient (Wildman–Crippen LogP) is 3.82. The van der Waals surface area contributed by atoms with E-state index in [4.69, 9.17) is 39.5 Å². The van der Waals surface area contributed by atoms with Crippen LogP contribution in [0.15, 0.2) is 18.2 Å². The van der Waals surface area contributed by atoms with Crippen molar-refractivity contribution in [1.29, 1.82) is 0 Å². The molecule has 2 nitrogen and oxygen atoms in total. The Morgan fingerprint density at radius 3 is 2.62 bits per heavy atom. The number of ketones is 1. The molecule has 0 aliphatic rings. The van der Waals surface area contributed by atoms with E-state index < -0.39 is 0 Å². The van der Waals surface area contributed by atoms with Crippen LogP contribution in [0.3, 0.4) is 0 Å². The summed E-state index contributed by atoms with van der Waals surface area (Å²) in [5, 5.41) is 0.893. The minimum Gasteiger partial charge on any atom is -0.495 e. The zero-order valence-electron chi connectivity index (χ0n) is 8.47. The lowest BCUT2D eigenvalue weighted by atomic mass is 10.2. The fourth-order valence-corrected chi connectivity index (χ4v) is 1.61. The van der Waals surface area contributed by atoms with Gasteiger partial charge in [0, 0.05) is 6.07 Å². The summed E-state index contributed by atoms with van der Waals surface area (Å²) in [5.74, 6) is 0.245. The summed E-state index contributed by atoms with van der Waals surface area (Å²) in [6, 6.07) is 3.22. The lowest BCUT2D eigenvalue weighted by molar-refractivity contribution is -0.112. The van der Waals surface area contributed by atoms with E-state index in [0.717, 1.165) is 0 Å². The zero-order chi connectivity index (χ0) is 12.1. The van der Waals surface area contributed by atoms with Crippen LogP contribution in [0.4, 0.5) is 0 Å². The molecule has 0 spiro atoms. The molecule has 1 aromatic carbocycles. The molecule has 0 aromatic heterocycles. The fraction of sp³-hybridized carbons (Fsp3) is 0.182. The molecule has 5 heteroatoms. The monoisotopic (exact) mass is 278 g/mol. The smallest absolute Gasteiger partial charge is 0.170 e. The summed E-state index contributed by atoms with van der Waals surface area (Å²) in [5.41, 5.74) is 0.644. The molecule has 16 heavy (non-hydrogen) atoms. The van der Waals surface area contributed by atoms with Gasteiger partial charge in [0.1, 0.15) is 5.75 Å². The maximum absolute atomic E-state index is 11.0. The number of carbonyl (C=O) groups excluding carboxylic acids is 1. The van der Waals surface area contributed by atoms with E-state index in [-0.39, 0.29) is 11.7 Å². The van der Waals surface area contributed by atoms with Gasteiger partial charge in [-0.2, -0.15) is 0 Å². The normalized spacial score (nSPS) is 10.8. The van der Waals surface area contributed by atoms with Crippen LogP contribution in [-0.2, 0) is 4.79 Å². The Labute approximate surface area is 109 Å². The van der Waals surface area contributed by atoms with E-state index in [0.29, 0.717) is 21.4 Å². The third kappa shape index (κ3) is 3.41. The van der Waals surface area contributed by atoms with Gasteiger partial charge in [-0.15, -0.1) is 11.6 Å². The first kappa shape index (κ1) is 13.4. The average molecular weight is 280 g/mol. The molecule has 0 radical (unpaired) electrons. The van der Waals surface area contributed by atoms with Crippen LogP contribution in [0.25, 0.3) is 6.08 Å². The highest BCUT2D eigenvalue weighted by Gasteiger charge is 2.05. The van der Waals surface area contributed by atoms with Crippen molar-refractivity contribution < 1.29 is 9.53 Å². The highest BCUT2D eigenvalue weighted by molar-refractivity contribution is 6.35. The standard InChI is InChI=1S/C11H9Cl3O2/c1-16-11-5-9(13)7(4-10(11)14)2-3-8(15)6-12/h2-5H,6H2,1H3/b3-2+. The number of hydrogen-bond donors (Lipinski definition) is 0. The maximum atomic E-state index is 11.0. The van der Waals surface area contributed by atoms with Gasteiger partial charge in [-0.1, -0.05) is 23.2 Å². The molecule has 0 amide bonds. The Morgan fingerprint density at radius 2 is 2.06 bits per heavy atom. The molecule has 86 valence electrons. The number of benzene rings is 1. The van der Waals surface area contributed by atoms with Crippen molar-refractivity contribution in [1.82, 2.24) is 0 Å². The average Bonchev–Trinajstić information content (AvgIpc) is 2.29. The third-order valence-corrected chi connectivity index (χ3v) is 2.74. The molecule has 0 unspecified atom stereocenters. The van der Waals surface area contributed by atoms with E-state index in [2.05, 4.69) is 0 Å². The summed E-state index contributed by atoms with van der Waals surface area (Å²) < 4.78 is 5.00. The Hall–Kier alpha value is -0.700. The Morgan fingerprint density at radius 1 is 1.38 bits per heavy atom. The van der Waals surface area contributed by atoms with Crippen molar-refractivity contribution in [2.45, 2.75) is 0 Å². The number of carbonyl (C=O) groups is 1. The summed E-state index contributed by atoms with van der Waals surface area (Å²) in [4.78, 5) is 11.0. The molecule has 0 aliphatic carbocycles. The second kappa shape index (κ2) is 6.14. The maximum Gasteiger partial charge on any atom is 0.170 e. The van der Waals surface area contributed by atoms with Crippen LogP contribution in [0, 0.1) is 0 Å². The Kier molecular flexibility index (Phi) is 5.13. The first-order valence-corrected chi connectivity index (χ1v) is 5.67. The minimum atomic E-state index is -0.190. The van der Waals surface area contributed by atoms with Gasteiger partial charge >= 0.3 is 0 Å². The summed E-state index contributed by atoms with van der Waals surface area (Å²) in [6.45, 7) is 0. The Balaban J connectivity index is 3.02. The summed E-state index contributed by atoms with van der Waals surface area (Å²) >= 11 is 17.3. The molecule has 0 atom stereocenters. The van der Waals surface area contributed by atoms with Crippen LogP contribution in [0.2, 0.25) is 10.0 Å². The highest BCUT2D eigenvalue weighted by atomic mass is 35.5. The van der Waals surface area contributed by atoms with Crippen LogP contribution >= 0.6 is 34.8 Å². The van der Waals surface area contributed by atoms with E-state index in [1.165, 1.54) is 13.2 Å².